The molecule has 0 fully saturated rings. The quantitative estimate of drug-likeness (QED) is 0.231. The van der Waals surface area contributed by atoms with E-state index in [0.717, 1.165) is 11.1 Å². The molecular formula is C28H22F3NO4. The maximum Gasteiger partial charge on any atom is 0.422 e. The molecule has 0 bridgehead atoms. The van der Waals surface area contributed by atoms with Crippen LogP contribution in [-0.4, -0.2) is 24.1 Å². The SMILES string of the molecule is O=Cc1cc(OCC(F)(F)F)cc(-c2ccc(OCc3ccccc3)nc2OCc2ccccc2)c1. The maximum absolute atomic E-state index is 12.7. The third kappa shape index (κ3) is 7.09. The Balaban J connectivity index is 1.65. The number of halogens is 3. The van der Waals surface area contributed by atoms with Crippen LogP contribution in [0.2, 0.25) is 0 Å². The lowest BCUT2D eigenvalue weighted by molar-refractivity contribution is -0.153. The summed E-state index contributed by atoms with van der Waals surface area (Å²) in [5, 5.41) is 0. The molecule has 8 heteroatoms. The van der Waals surface area contributed by atoms with Crippen molar-refractivity contribution >= 4 is 6.29 Å². The van der Waals surface area contributed by atoms with Gasteiger partial charge >= 0.3 is 6.18 Å². The van der Waals surface area contributed by atoms with Gasteiger partial charge in [-0.3, -0.25) is 4.79 Å². The molecule has 0 saturated heterocycles. The molecule has 36 heavy (non-hydrogen) atoms. The van der Waals surface area contributed by atoms with Crippen LogP contribution in [0.1, 0.15) is 21.5 Å². The zero-order valence-electron chi connectivity index (χ0n) is 19.1. The molecule has 0 unspecified atom stereocenters. The molecule has 0 N–H and O–H groups in total. The number of alkyl halides is 3. The van der Waals surface area contributed by atoms with Crippen molar-refractivity contribution in [1.29, 1.82) is 0 Å². The van der Waals surface area contributed by atoms with Gasteiger partial charge in [0.2, 0.25) is 11.8 Å². The van der Waals surface area contributed by atoms with Gasteiger partial charge in [-0.1, -0.05) is 60.7 Å². The molecule has 0 atom stereocenters. The van der Waals surface area contributed by atoms with E-state index in [1.807, 2.05) is 60.7 Å². The van der Waals surface area contributed by atoms with E-state index >= 15 is 0 Å². The smallest absolute Gasteiger partial charge is 0.422 e. The number of hydrogen-bond acceptors (Lipinski definition) is 5. The van der Waals surface area contributed by atoms with Gasteiger partial charge in [0.25, 0.3) is 0 Å². The maximum atomic E-state index is 12.7. The predicted molar refractivity (Wildman–Crippen MR) is 128 cm³/mol. The second-order valence-corrected chi connectivity index (χ2v) is 7.86. The molecule has 0 aliphatic carbocycles. The molecule has 0 radical (unpaired) electrons. The lowest BCUT2D eigenvalue weighted by atomic mass is 10.0. The van der Waals surface area contributed by atoms with E-state index in [1.165, 1.54) is 18.2 Å². The van der Waals surface area contributed by atoms with Crippen LogP contribution in [0.4, 0.5) is 13.2 Å². The van der Waals surface area contributed by atoms with Gasteiger partial charge in [-0.15, -0.1) is 0 Å². The Morgan fingerprint density at radius 1 is 0.750 bits per heavy atom. The Labute approximate surface area is 206 Å². The van der Waals surface area contributed by atoms with Gasteiger partial charge < -0.3 is 14.2 Å². The van der Waals surface area contributed by atoms with Crippen LogP contribution >= 0.6 is 0 Å². The highest BCUT2D eigenvalue weighted by Crippen LogP contribution is 2.34. The summed E-state index contributed by atoms with van der Waals surface area (Å²) in [6, 6.07) is 26.5. The highest BCUT2D eigenvalue weighted by atomic mass is 19.4. The predicted octanol–water partition coefficient (Wildman–Crippen LogP) is 6.66. The zero-order valence-corrected chi connectivity index (χ0v) is 19.1. The van der Waals surface area contributed by atoms with Crippen molar-refractivity contribution in [1.82, 2.24) is 4.98 Å². The Morgan fingerprint density at radius 3 is 2.00 bits per heavy atom. The molecular weight excluding hydrogens is 471 g/mol. The summed E-state index contributed by atoms with van der Waals surface area (Å²) >= 11 is 0. The molecule has 0 amide bonds. The van der Waals surface area contributed by atoms with E-state index in [2.05, 4.69) is 4.98 Å². The summed E-state index contributed by atoms with van der Waals surface area (Å²) in [5.41, 5.74) is 2.90. The average Bonchev–Trinajstić information content (AvgIpc) is 2.90. The number of benzene rings is 3. The van der Waals surface area contributed by atoms with Crippen LogP contribution in [-0.2, 0) is 13.2 Å². The summed E-state index contributed by atoms with van der Waals surface area (Å²) in [6.07, 6.45) is -3.97. The monoisotopic (exact) mass is 493 g/mol. The number of pyridine rings is 1. The van der Waals surface area contributed by atoms with Crippen molar-refractivity contribution in [3.63, 3.8) is 0 Å². The number of nitrogens with zero attached hydrogens (tertiary/aromatic N) is 1. The van der Waals surface area contributed by atoms with Gasteiger partial charge in [0.05, 0.1) is 0 Å². The van der Waals surface area contributed by atoms with Crippen molar-refractivity contribution in [3.05, 3.63) is 108 Å². The standard InChI is InChI=1S/C28H22F3NO4/c29-28(30,31)19-36-24-14-22(16-33)13-23(15-24)25-11-12-26(34-17-20-7-3-1-4-8-20)32-27(25)35-18-21-9-5-2-6-10-21/h1-16H,17-19H2. The van der Waals surface area contributed by atoms with Gasteiger partial charge in [-0.2, -0.15) is 18.2 Å². The summed E-state index contributed by atoms with van der Waals surface area (Å²) in [7, 11) is 0. The van der Waals surface area contributed by atoms with Crippen molar-refractivity contribution in [2.45, 2.75) is 19.4 Å². The van der Waals surface area contributed by atoms with Gasteiger partial charge in [-0.05, 0) is 41.0 Å². The largest absolute Gasteiger partial charge is 0.484 e. The topological polar surface area (TPSA) is 57.7 Å². The van der Waals surface area contributed by atoms with Gasteiger partial charge in [0, 0.05) is 17.2 Å². The number of carbonyl (C=O) groups is 1. The van der Waals surface area contributed by atoms with Gasteiger partial charge in [0.1, 0.15) is 25.2 Å². The van der Waals surface area contributed by atoms with Crippen LogP contribution in [0.3, 0.4) is 0 Å². The van der Waals surface area contributed by atoms with Gasteiger partial charge in [-0.25, -0.2) is 0 Å². The number of hydrogen-bond donors (Lipinski definition) is 0. The summed E-state index contributed by atoms with van der Waals surface area (Å²) in [4.78, 5) is 16.0. The fraction of sp³-hybridized carbons (Fsp3) is 0.143. The van der Waals surface area contributed by atoms with Crippen LogP contribution in [0.5, 0.6) is 17.5 Å². The molecule has 5 nitrogen and oxygen atoms in total. The van der Waals surface area contributed by atoms with Crippen LogP contribution in [0.15, 0.2) is 91.0 Å². The second kappa shape index (κ2) is 11.4. The second-order valence-electron chi connectivity index (χ2n) is 7.86. The van der Waals surface area contributed by atoms with E-state index in [1.54, 1.807) is 12.1 Å². The van der Waals surface area contributed by atoms with Crippen molar-refractivity contribution in [2.24, 2.45) is 0 Å². The van der Waals surface area contributed by atoms with Gasteiger partial charge in [0.15, 0.2) is 6.61 Å². The lowest BCUT2D eigenvalue weighted by Gasteiger charge is -2.15. The average molecular weight is 493 g/mol. The summed E-state index contributed by atoms with van der Waals surface area (Å²) in [6.45, 7) is -0.980. The molecule has 0 saturated carbocycles. The first kappa shape index (κ1) is 24.8. The molecule has 1 aromatic heterocycles. The molecule has 0 spiro atoms. The van der Waals surface area contributed by atoms with E-state index < -0.39 is 12.8 Å². The van der Waals surface area contributed by atoms with E-state index in [0.29, 0.717) is 29.9 Å². The number of ether oxygens (including phenoxy) is 3. The lowest BCUT2D eigenvalue weighted by Crippen LogP contribution is -2.19. The van der Waals surface area contributed by atoms with E-state index in [-0.39, 0.29) is 23.8 Å². The molecule has 0 aliphatic rings. The first-order valence-corrected chi connectivity index (χ1v) is 11.0. The molecule has 4 rings (SSSR count). The highest BCUT2D eigenvalue weighted by molar-refractivity contribution is 5.81. The molecule has 3 aromatic carbocycles. The van der Waals surface area contributed by atoms with E-state index in [4.69, 9.17) is 14.2 Å². The van der Waals surface area contributed by atoms with Crippen LogP contribution in [0, 0.1) is 0 Å². The fourth-order valence-corrected chi connectivity index (χ4v) is 3.39. The number of aromatic nitrogens is 1. The van der Waals surface area contributed by atoms with Crippen molar-refractivity contribution in [2.75, 3.05) is 6.61 Å². The number of carbonyl (C=O) groups excluding carboxylic acids is 1. The molecule has 184 valence electrons. The number of rotatable bonds is 10. The molecule has 1 heterocycles. The Kier molecular flexibility index (Phi) is 7.85. The Morgan fingerprint density at radius 2 is 1.39 bits per heavy atom. The first-order valence-electron chi connectivity index (χ1n) is 11.0. The van der Waals surface area contributed by atoms with Crippen LogP contribution < -0.4 is 14.2 Å². The first-order chi connectivity index (χ1) is 17.4. The Hall–Kier alpha value is -4.33. The highest BCUT2D eigenvalue weighted by Gasteiger charge is 2.28. The third-order valence-electron chi connectivity index (χ3n) is 5.06. The zero-order chi connectivity index (χ0) is 25.4. The van der Waals surface area contributed by atoms with Crippen molar-refractivity contribution < 1.29 is 32.2 Å². The fourth-order valence-electron chi connectivity index (χ4n) is 3.39. The van der Waals surface area contributed by atoms with Crippen molar-refractivity contribution in [3.8, 4) is 28.6 Å². The summed E-state index contributed by atoms with van der Waals surface area (Å²) in [5.74, 6) is 0.422. The minimum absolute atomic E-state index is 0.0923. The number of aldehydes is 1. The minimum Gasteiger partial charge on any atom is -0.484 e. The summed E-state index contributed by atoms with van der Waals surface area (Å²) < 4.78 is 54.7. The van der Waals surface area contributed by atoms with Crippen LogP contribution in [0.25, 0.3) is 11.1 Å². The third-order valence-corrected chi connectivity index (χ3v) is 5.06. The minimum atomic E-state index is -4.51. The Bertz CT molecular complexity index is 1300. The van der Waals surface area contributed by atoms with E-state index in [9.17, 15) is 18.0 Å². The molecule has 4 aromatic rings. The molecule has 0 aliphatic heterocycles. The normalized spacial score (nSPS) is 11.1.